The van der Waals surface area contributed by atoms with E-state index in [1.54, 1.807) is 42.6 Å². The minimum Gasteiger partial charge on any atom is -0.507 e. The molecular weight excluding hydrogens is 417 g/mol. The number of nitrogens with zero attached hydrogens (tertiary/aromatic N) is 3. The molecule has 0 spiro atoms. The Morgan fingerprint density at radius 2 is 1.87 bits per heavy atom. The lowest BCUT2D eigenvalue weighted by atomic mass is 9.96. The third-order valence-corrected chi connectivity index (χ3v) is 6.06. The second-order valence-electron chi connectivity index (χ2n) is 6.93. The number of carbonyl (C=O) groups is 2. The van der Waals surface area contributed by atoms with Crippen LogP contribution in [0.5, 0.6) is 0 Å². The molecule has 1 N–H and O–H groups in total. The van der Waals surface area contributed by atoms with Crippen LogP contribution in [0.3, 0.4) is 0 Å². The van der Waals surface area contributed by atoms with Gasteiger partial charge in [-0.1, -0.05) is 41.7 Å². The van der Waals surface area contributed by atoms with Crippen molar-refractivity contribution in [1.29, 1.82) is 0 Å². The van der Waals surface area contributed by atoms with Crippen LogP contribution in [-0.2, 0) is 9.59 Å². The predicted molar refractivity (Wildman–Crippen MR) is 115 cm³/mol. The molecule has 0 radical (unpaired) electrons. The standard InChI is InChI=1S/C23H14FN3O3S/c24-15-8-9-16-17(11-15)31-23(26-16)27-19(13-5-2-1-3-6-13)18(21(29)22(27)30)20(28)14-7-4-10-25-12-14/h1-12,19,28H/b20-18+. The highest BCUT2D eigenvalue weighted by molar-refractivity contribution is 7.22. The number of fused-ring (bicyclic) bond motifs is 1. The number of aliphatic hydroxyl groups is 1. The van der Waals surface area contributed by atoms with Crippen molar-refractivity contribution < 1.29 is 19.1 Å². The largest absolute Gasteiger partial charge is 0.507 e. The number of pyridine rings is 1. The topological polar surface area (TPSA) is 83.4 Å². The lowest BCUT2D eigenvalue weighted by Gasteiger charge is -2.22. The minimum absolute atomic E-state index is 0.0466. The van der Waals surface area contributed by atoms with E-state index in [0.717, 1.165) is 11.3 Å². The summed E-state index contributed by atoms with van der Waals surface area (Å²) in [6.45, 7) is 0. The van der Waals surface area contributed by atoms with E-state index in [1.165, 1.54) is 29.3 Å². The summed E-state index contributed by atoms with van der Waals surface area (Å²) in [4.78, 5) is 35.8. The molecule has 31 heavy (non-hydrogen) atoms. The van der Waals surface area contributed by atoms with Crippen LogP contribution >= 0.6 is 11.3 Å². The first-order valence-corrected chi connectivity index (χ1v) is 10.2. The van der Waals surface area contributed by atoms with Crippen LogP contribution in [0.15, 0.2) is 78.6 Å². The molecule has 4 aromatic rings. The fraction of sp³-hybridized carbons (Fsp3) is 0.0435. The van der Waals surface area contributed by atoms with Crippen molar-refractivity contribution in [1.82, 2.24) is 9.97 Å². The van der Waals surface area contributed by atoms with Crippen molar-refractivity contribution in [3.05, 3.63) is 95.6 Å². The Morgan fingerprint density at radius 3 is 2.61 bits per heavy atom. The molecule has 152 valence electrons. The van der Waals surface area contributed by atoms with Crippen LogP contribution in [0.25, 0.3) is 16.0 Å². The minimum atomic E-state index is -0.883. The van der Waals surface area contributed by atoms with Crippen LogP contribution < -0.4 is 4.90 Å². The molecule has 1 unspecified atom stereocenters. The molecule has 5 rings (SSSR count). The van der Waals surface area contributed by atoms with Crippen molar-refractivity contribution in [2.45, 2.75) is 6.04 Å². The molecular formula is C23H14FN3O3S. The number of anilines is 1. The van der Waals surface area contributed by atoms with Crippen LogP contribution in [0, 0.1) is 5.82 Å². The number of carbonyl (C=O) groups excluding carboxylic acids is 2. The number of hydrogen-bond acceptors (Lipinski definition) is 6. The molecule has 1 saturated heterocycles. The highest BCUT2D eigenvalue weighted by Crippen LogP contribution is 2.44. The van der Waals surface area contributed by atoms with Gasteiger partial charge >= 0.3 is 5.91 Å². The van der Waals surface area contributed by atoms with Crippen molar-refractivity contribution in [3.63, 3.8) is 0 Å². The summed E-state index contributed by atoms with van der Waals surface area (Å²) in [5, 5.41) is 11.2. The number of thiazole rings is 1. The maximum absolute atomic E-state index is 13.7. The summed E-state index contributed by atoms with van der Waals surface area (Å²) in [5.41, 5.74) is 1.43. The molecule has 1 aliphatic heterocycles. The van der Waals surface area contributed by atoms with Crippen molar-refractivity contribution in [2.24, 2.45) is 0 Å². The van der Waals surface area contributed by atoms with Gasteiger partial charge in [-0.05, 0) is 35.9 Å². The van der Waals surface area contributed by atoms with Crippen LogP contribution in [0.4, 0.5) is 9.52 Å². The van der Waals surface area contributed by atoms with Crippen molar-refractivity contribution in [3.8, 4) is 0 Å². The molecule has 0 aliphatic carbocycles. The highest BCUT2D eigenvalue weighted by Gasteiger charge is 2.48. The SMILES string of the molecule is O=C1C(=O)N(c2nc3ccc(F)cc3s2)C(c2ccccc2)/C1=C(\O)c1cccnc1. The molecule has 1 amide bonds. The summed E-state index contributed by atoms with van der Waals surface area (Å²) >= 11 is 1.11. The van der Waals surface area contributed by atoms with Crippen LogP contribution in [0.1, 0.15) is 17.2 Å². The van der Waals surface area contributed by atoms with Crippen molar-refractivity contribution >= 4 is 44.1 Å². The van der Waals surface area contributed by atoms with E-state index >= 15 is 0 Å². The number of Topliss-reactive ketones (excluding diaryl/α,β-unsaturated/α-hetero) is 1. The first-order chi connectivity index (χ1) is 15.0. The molecule has 0 saturated carbocycles. The third kappa shape index (κ3) is 3.17. The number of hydrogen-bond donors (Lipinski definition) is 1. The van der Waals surface area contributed by atoms with Gasteiger partial charge in [0.25, 0.3) is 5.78 Å². The first kappa shape index (κ1) is 19.1. The Balaban J connectivity index is 1.73. The predicted octanol–water partition coefficient (Wildman–Crippen LogP) is 4.46. The van der Waals surface area contributed by atoms with Gasteiger partial charge in [-0.25, -0.2) is 9.37 Å². The maximum atomic E-state index is 13.7. The van der Waals surface area contributed by atoms with Gasteiger partial charge in [-0.3, -0.25) is 19.5 Å². The normalized spacial score (nSPS) is 18.1. The lowest BCUT2D eigenvalue weighted by molar-refractivity contribution is -0.132. The number of rotatable bonds is 3. The molecule has 2 aromatic heterocycles. The number of aliphatic hydroxyl groups excluding tert-OH is 1. The zero-order valence-electron chi connectivity index (χ0n) is 15.9. The second kappa shape index (κ2) is 7.41. The third-order valence-electron chi connectivity index (χ3n) is 5.04. The van der Waals surface area contributed by atoms with Gasteiger partial charge in [0.1, 0.15) is 11.6 Å². The summed E-state index contributed by atoms with van der Waals surface area (Å²) < 4.78 is 14.2. The highest BCUT2D eigenvalue weighted by atomic mass is 32.1. The van der Waals surface area contributed by atoms with Crippen molar-refractivity contribution in [2.75, 3.05) is 4.90 Å². The smallest absolute Gasteiger partial charge is 0.301 e. The average molecular weight is 431 g/mol. The Morgan fingerprint density at radius 1 is 1.06 bits per heavy atom. The Hall–Kier alpha value is -3.91. The summed E-state index contributed by atoms with van der Waals surface area (Å²) in [5.74, 6) is -2.35. The van der Waals surface area contributed by atoms with Gasteiger partial charge < -0.3 is 5.11 Å². The number of ketones is 1. The first-order valence-electron chi connectivity index (χ1n) is 9.37. The molecule has 6 nitrogen and oxygen atoms in total. The van der Waals surface area contributed by atoms with E-state index < -0.39 is 23.5 Å². The Kier molecular flexibility index (Phi) is 4.56. The zero-order chi connectivity index (χ0) is 21.5. The fourth-order valence-corrected chi connectivity index (χ4v) is 4.65. The van der Waals surface area contributed by atoms with Gasteiger partial charge in [0.05, 0.1) is 21.8 Å². The molecule has 8 heteroatoms. The Labute approximate surface area is 179 Å². The van der Waals surface area contributed by atoms with Crippen LogP contribution in [-0.4, -0.2) is 26.8 Å². The van der Waals surface area contributed by atoms with Gasteiger partial charge in [-0.15, -0.1) is 0 Å². The molecule has 2 aromatic carbocycles. The summed E-state index contributed by atoms with van der Waals surface area (Å²) in [6, 6.07) is 15.4. The van der Waals surface area contributed by atoms with Gasteiger partial charge in [0.2, 0.25) is 0 Å². The number of amides is 1. The van der Waals surface area contributed by atoms with E-state index in [-0.39, 0.29) is 16.5 Å². The molecule has 0 bridgehead atoms. The summed E-state index contributed by atoms with van der Waals surface area (Å²) in [7, 11) is 0. The second-order valence-corrected chi connectivity index (χ2v) is 7.94. The van der Waals surface area contributed by atoms with E-state index in [1.807, 2.05) is 6.07 Å². The molecule has 3 heterocycles. The van der Waals surface area contributed by atoms with E-state index in [2.05, 4.69) is 9.97 Å². The number of benzene rings is 2. The quantitative estimate of drug-likeness (QED) is 0.294. The average Bonchev–Trinajstić information content (AvgIpc) is 3.32. The molecule has 1 fully saturated rings. The molecule has 1 atom stereocenters. The number of halogens is 1. The van der Waals surface area contributed by atoms with Gasteiger partial charge in [0, 0.05) is 18.0 Å². The Bertz CT molecular complexity index is 1350. The van der Waals surface area contributed by atoms with E-state index in [9.17, 15) is 19.1 Å². The van der Waals surface area contributed by atoms with Crippen LogP contribution in [0.2, 0.25) is 0 Å². The summed E-state index contributed by atoms with van der Waals surface area (Å²) in [6.07, 6.45) is 2.97. The van der Waals surface area contributed by atoms with E-state index in [0.29, 0.717) is 21.3 Å². The van der Waals surface area contributed by atoms with Gasteiger partial charge in [-0.2, -0.15) is 0 Å². The van der Waals surface area contributed by atoms with Gasteiger partial charge in [0.15, 0.2) is 5.13 Å². The number of aromatic nitrogens is 2. The maximum Gasteiger partial charge on any atom is 0.301 e. The fourth-order valence-electron chi connectivity index (χ4n) is 3.63. The monoisotopic (exact) mass is 431 g/mol. The molecule has 1 aliphatic rings. The zero-order valence-corrected chi connectivity index (χ0v) is 16.7. The van der Waals surface area contributed by atoms with E-state index in [4.69, 9.17) is 0 Å². The lowest BCUT2D eigenvalue weighted by Crippen LogP contribution is -2.29.